The number of methoxy groups -OCH3 is 1. The quantitative estimate of drug-likeness (QED) is 0.705. The zero-order chi connectivity index (χ0) is 19.4. The van der Waals surface area contributed by atoms with Crippen LogP contribution in [0.2, 0.25) is 5.02 Å². The standard InChI is InChI=1S/C20H19ClN4O2/c1-13-11-17(18(27-3)12-15(13)21)22-19-10-9-16(23-24-19)20(26)25(2)14-7-5-4-6-8-14/h4-12H,1-3H3,(H,22,24). The van der Waals surface area contributed by atoms with Crippen molar-refractivity contribution in [1.82, 2.24) is 10.2 Å². The first-order valence-corrected chi connectivity index (χ1v) is 8.65. The lowest BCUT2D eigenvalue weighted by atomic mass is 10.2. The van der Waals surface area contributed by atoms with Gasteiger partial charge in [0.25, 0.3) is 5.91 Å². The van der Waals surface area contributed by atoms with Gasteiger partial charge in [0.1, 0.15) is 5.75 Å². The number of nitrogens with zero attached hydrogens (tertiary/aromatic N) is 3. The highest BCUT2D eigenvalue weighted by Crippen LogP contribution is 2.32. The second kappa shape index (κ2) is 8.05. The molecule has 0 radical (unpaired) electrons. The Morgan fingerprint density at radius 2 is 1.85 bits per heavy atom. The van der Waals surface area contributed by atoms with Crippen molar-refractivity contribution < 1.29 is 9.53 Å². The molecule has 3 rings (SSSR count). The minimum Gasteiger partial charge on any atom is -0.495 e. The highest BCUT2D eigenvalue weighted by molar-refractivity contribution is 6.31. The number of carbonyl (C=O) groups excluding carboxylic acids is 1. The van der Waals surface area contributed by atoms with Crippen molar-refractivity contribution >= 4 is 34.7 Å². The molecule has 0 spiro atoms. The van der Waals surface area contributed by atoms with Gasteiger partial charge in [0, 0.05) is 23.8 Å². The molecule has 0 saturated carbocycles. The van der Waals surface area contributed by atoms with E-state index in [1.807, 2.05) is 43.3 Å². The number of rotatable bonds is 5. The molecule has 1 heterocycles. The molecule has 0 bridgehead atoms. The van der Waals surface area contributed by atoms with Crippen LogP contribution in [0.4, 0.5) is 17.2 Å². The maximum atomic E-state index is 12.6. The fourth-order valence-corrected chi connectivity index (χ4v) is 2.68. The van der Waals surface area contributed by atoms with E-state index >= 15 is 0 Å². The zero-order valence-corrected chi connectivity index (χ0v) is 16.0. The number of anilines is 3. The second-order valence-electron chi connectivity index (χ2n) is 5.93. The molecule has 7 heteroatoms. The van der Waals surface area contributed by atoms with Crippen LogP contribution in [0.25, 0.3) is 0 Å². The summed E-state index contributed by atoms with van der Waals surface area (Å²) in [6.45, 7) is 1.90. The van der Waals surface area contributed by atoms with E-state index in [2.05, 4.69) is 15.5 Å². The molecule has 0 saturated heterocycles. The molecule has 1 amide bonds. The van der Waals surface area contributed by atoms with Gasteiger partial charge in [-0.05, 0) is 42.8 Å². The van der Waals surface area contributed by atoms with Crippen LogP contribution in [-0.4, -0.2) is 30.3 Å². The zero-order valence-electron chi connectivity index (χ0n) is 15.2. The van der Waals surface area contributed by atoms with Crippen molar-refractivity contribution in [2.24, 2.45) is 0 Å². The number of aromatic nitrogens is 2. The molecule has 1 aromatic heterocycles. The summed E-state index contributed by atoms with van der Waals surface area (Å²) in [4.78, 5) is 14.1. The maximum absolute atomic E-state index is 12.6. The van der Waals surface area contributed by atoms with Crippen molar-refractivity contribution in [2.45, 2.75) is 6.92 Å². The SMILES string of the molecule is COc1cc(Cl)c(C)cc1Nc1ccc(C(=O)N(C)c2ccccc2)nn1. The Labute approximate surface area is 162 Å². The van der Waals surface area contributed by atoms with Gasteiger partial charge in [0.15, 0.2) is 11.5 Å². The van der Waals surface area contributed by atoms with E-state index in [0.717, 1.165) is 11.3 Å². The van der Waals surface area contributed by atoms with Crippen molar-refractivity contribution in [1.29, 1.82) is 0 Å². The van der Waals surface area contributed by atoms with Gasteiger partial charge < -0.3 is 15.0 Å². The van der Waals surface area contributed by atoms with E-state index in [4.69, 9.17) is 16.3 Å². The Bertz CT molecular complexity index is 946. The maximum Gasteiger partial charge on any atom is 0.278 e. The third-order valence-electron chi connectivity index (χ3n) is 4.08. The number of para-hydroxylation sites is 1. The number of benzene rings is 2. The van der Waals surface area contributed by atoms with Crippen molar-refractivity contribution in [3.63, 3.8) is 0 Å². The van der Waals surface area contributed by atoms with E-state index in [-0.39, 0.29) is 11.6 Å². The molecular formula is C20H19ClN4O2. The van der Waals surface area contributed by atoms with Gasteiger partial charge in [-0.2, -0.15) is 0 Å². The molecular weight excluding hydrogens is 364 g/mol. The molecule has 2 aromatic carbocycles. The third-order valence-corrected chi connectivity index (χ3v) is 4.48. The summed E-state index contributed by atoms with van der Waals surface area (Å²) in [6, 6.07) is 16.3. The Hall–Kier alpha value is -3.12. The summed E-state index contributed by atoms with van der Waals surface area (Å²) in [5.41, 5.74) is 2.66. The predicted octanol–water partition coefficient (Wildman–Crippen LogP) is 4.47. The largest absolute Gasteiger partial charge is 0.495 e. The van der Waals surface area contributed by atoms with Crippen LogP contribution >= 0.6 is 11.6 Å². The van der Waals surface area contributed by atoms with Crippen LogP contribution in [0.15, 0.2) is 54.6 Å². The Kier molecular flexibility index (Phi) is 5.57. The number of halogens is 1. The summed E-state index contributed by atoms with van der Waals surface area (Å²) in [5.74, 6) is 0.852. The number of aryl methyl sites for hydroxylation is 1. The highest BCUT2D eigenvalue weighted by Gasteiger charge is 2.15. The van der Waals surface area contributed by atoms with Crippen LogP contribution in [0, 0.1) is 6.92 Å². The van der Waals surface area contributed by atoms with Gasteiger partial charge in [-0.25, -0.2) is 0 Å². The fourth-order valence-electron chi connectivity index (χ4n) is 2.52. The predicted molar refractivity (Wildman–Crippen MR) is 107 cm³/mol. The molecule has 0 aliphatic carbocycles. The number of hydrogen-bond acceptors (Lipinski definition) is 5. The van der Waals surface area contributed by atoms with Crippen LogP contribution in [0.1, 0.15) is 16.1 Å². The molecule has 0 fully saturated rings. The Balaban J connectivity index is 1.78. The second-order valence-corrected chi connectivity index (χ2v) is 6.34. The lowest BCUT2D eigenvalue weighted by Crippen LogP contribution is -2.27. The van der Waals surface area contributed by atoms with Gasteiger partial charge in [-0.1, -0.05) is 29.8 Å². The summed E-state index contributed by atoms with van der Waals surface area (Å²) < 4.78 is 5.34. The summed E-state index contributed by atoms with van der Waals surface area (Å²) in [6.07, 6.45) is 0. The third kappa shape index (κ3) is 4.17. The molecule has 6 nitrogen and oxygen atoms in total. The first-order valence-electron chi connectivity index (χ1n) is 8.27. The van der Waals surface area contributed by atoms with E-state index in [1.165, 1.54) is 4.90 Å². The first-order chi connectivity index (χ1) is 13.0. The van der Waals surface area contributed by atoms with Gasteiger partial charge in [0.05, 0.1) is 12.8 Å². The minimum atomic E-state index is -0.236. The van der Waals surface area contributed by atoms with Gasteiger partial charge in [-0.15, -0.1) is 10.2 Å². The summed E-state index contributed by atoms with van der Waals surface area (Å²) in [5, 5.41) is 11.9. The van der Waals surface area contributed by atoms with Gasteiger partial charge in [0.2, 0.25) is 0 Å². The molecule has 3 aromatic rings. The molecule has 1 N–H and O–H groups in total. The number of hydrogen-bond donors (Lipinski definition) is 1. The summed E-state index contributed by atoms with van der Waals surface area (Å²) >= 11 is 6.13. The normalized spacial score (nSPS) is 10.4. The smallest absolute Gasteiger partial charge is 0.278 e. The van der Waals surface area contributed by atoms with Crippen molar-refractivity contribution in [3.8, 4) is 5.75 Å². The molecule has 0 aliphatic heterocycles. The van der Waals surface area contributed by atoms with Crippen molar-refractivity contribution in [3.05, 3.63) is 70.9 Å². The van der Waals surface area contributed by atoms with Crippen LogP contribution in [0.3, 0.4) is 0 Å². The molecule has 0 unspecified atom stereocenters. The number of ether oxygens (including phenoxy) is 1. The Morgan fingerprint density at radius 3 is 2.48 bits per heavy atom. The minimum absolute atomic E-state index is 0.236. The fraction of sp³-hybridized carbons (Fsp3) is 0.150. The van der Waals surface area contributed by atoms with Crippen LogP contribution < -0.4 is 15.0 Å². The number of carbonyl (C=O) groups is 1. The summed E-state index contributed by atoms with van der Waals surface area (Å²) in [7, 11) is 3.27. The molecule has 0 atom stereocenters. The van der Waals surface area contributed by atoms with Gasteiger partial charge >= 0.3 is 0 Å². The van der Waals surface area contributed by atoms with E-state index in [1.54, 1.807) is 32.4 Å². The average Bonchev–Trinajstić information content (AvgIpc) is 2.70. The molecule has 0 aliphatic rings. The lowest BCUT2D eigenvalue weighted by Gasteiger charge is -2.16. The lowest BCUT2D eigenvalue weighted by molar-refractivity contribution is 0.0987. The van der Waals surface area contributed by atoms with Crippen LogP contribution in [0.5, 0.6) is 5.75 Å². The first kappa shape index (κ1) is 18.7. The highest BCUT2D eigenvalue weighted by atomic mass is 35.5. The molecule has 27 heavy (non-hydrogen) atoms. The van der Waals surface area contributed by atoms with E-state index < -0.39 is 0 Å². The van der Waals surface area contributed by atoms with Crippen LogP contribution in [-0.2, 0) is 0 Å². The molecule has 138 valence electrons. The van der Waals surface area contributed by atoms with Gasteiger partial charge in [-0.3, -0.25) is 4.79 Å². The monoisotopic (exact) mass is 382 g/mol. The van der Waals surface area contributed by atoms with Crippen molar-refractivity contribution in [2.75, 3.05) is 24.4 Å². The number of amides is 1. The van der Waals surface area contributed by atoms with E-state index in [9.17, 15) is 4.79 Å². The Morgan fingerprint density at radius 1 is 1.11 bits per heavy atom. The number of nitrogens with one attached hydrogen (secondary N) is 1. The average molecular weight is 383 g/mol. The van der Waals surface area contributed by atoms with E-state index in [0.29, 0.717) is 22.3 Å². The topological polar surface area (TPSA) is 67.3 Å².